The van der Waals surface area contributed by atoms with Crippen molar-refractivity contribution in [1.29, 1.82) is 0 Å². The fraction of sp³-hybridized carbons (Fsp3) is 0.182. The van der Waals surface area contributed by atoms with Gasteiger partial charge in [-0.25, -0.2) is 27.5 Å². The summed E-state index contributed by atoms with van der Waals surface area (Å²) >= 11 is 2.86. The number of likely N-dealkylation sites (N-methyl/N-ethyl adjacent to an activating group) is 2. The van der Waals surface area contributed by atoms with Crippen molar-refractivity contribution in [3.8, 4) is 0 Å². The summed E-state index contributed by atoms with van der Waals surface area (Å²) in [6.07, 6.45) is -0.256. The molecule has 0 bridgehead atoms. The number of aryl methyl sites for hydroxylation is 1. The van der Waals surface area contributed by atoms with Crippen molar-refractivity contribution in [2.24, 2.45) is 0 Å². The Bertz CT molecular complexity index is 2830. The molecule has 0 radical (unpaired) electrons. The molecular formula is C44H34F4N6O4S2. The lowest BCUT2D eigenvalue weighted by Crippen LogP contribution is -2.51. The summed E-state index contributed by atoms with van der Waals surface area (Å²) in [6, 6.07) is 19.3. The highest BCUT2D eigenvalue weighted by Crippen LogP contribution is 2.53. The number of anilines is 2. The van der Waals surface area contributed by atoms with Gasteiger partial charge in [0, 0.05) is 61.1 Å². The number of halogens is 4. The average molecular weight is 851 g/mol. The van der Waals surface area contributed by atoms with Crippen molar-refractivity contribution in [2.45, 2.75) is 37.3 Å². The van der Waals surface area contributed by atoms with E-state index in [0.717, 1.165) is 39.7 Å². The number of nitrogens with zero attached hydrogens (tertiary/aromatic N) is 4. The molecule has 60 heavy (non-hydrogen) atoms. The number of carbonyl (C=O) groups is 4. The molecule has 2 N–H and O–H groups in total. The van der Waals surface area contributed by atoms with Crippen molar-refractivity contribution in [3.63, 3.8) is 0 Å². The van der Waals surface area contributed by atoms with Crippen LogP contribution >= 0.6 is 22.7 Å². The molecule has 1 aliphatic rings. The number of fused-ring (bicyclic) bond motifs is 2. The van der Waals surface area contributed by atoms with E-state index in [1.807, 2.05) is 6.07 Å². The van der Waals surface area contributed by atoms with E-state index in [9.17, 15) is 36.7 Å². The minimum atomic E-state index is -1.63. The first kappa shape index (κ1) is 40.3. The zero-order valence-electron chi connectivity index (χ0n) is 32.1. The third kappa shape index (κ3) is 8.07. The van der Waals surface area contributed by atoms with E-state index in [-0.39, 0.29) is 35.1 Å². The second-order valence-corrected chi connectivity index (χ2v) is 16.5. The van der Waals surface area contributed by atoms with Crippen molar-refractivity contribution in [3.05, 3.63) is 153 Å². The first-order valence-corrected chi connectivity index (χ1v) is 20.3. The number of carbonyl (C=O) groups excluding carboxylic acids is 4. The van der Waals surface area contributed by atoms with Crippen LogP contribution < -0.4 is 20.4 Å². The van der Waals surface area contributed by atoms with Crippen molar-refractivity contribution in [2.75, 3.05) is 23.9 Å². The van der Waals surface area contributed by atoms with Crippen molar-refractivity contribution >= 4 is 78.1 Å². The van der Waals surface area contributed by atoms with E-state index in [1.54, 1.807) is 48.3 Å². The molecule has 1 aliphatic carbocycles. The molecule has 304 valence electrons. The number of hydrogen-bond donors (Lipinski definition) is 2. The Kier molecular flexibility index (Phi) is 10.7. The summed E-state index contributed by atoms with van der Waals surface area (Å²) in [4.78, 5) is 68.0. The number of benzene rings is 5. The summed E-state index contributed by atoms with van der Waals surface area (Å²) in [7, 11) is 3.04. The molecule has 1 fully saturated rings. The number of aromatic nitrogens is 2. The smallest absolute Gasteiger partial charge is 0.253 e. The zero-order valence-corrected chi connectivity index (χ0v) is 33.8. The third-order valence-corrected chi connectivity index (χ3v) is 12.2. The molecule has 2 aromatic heterocycles. The maximum Gasteiger partial charge on any atom is 0.253 e. The fourth-order valence-electron chi connectivity index (χ4n) is 7.48. The monoisotopic (exact) mass is 850 g/mol. The first-order chi connectivity index (χ1) is 28.7. The van der Waals surface area contributed by atoms with Gasteiger partial charge in [-0.3, -0.25) is 19.2 Å². The summed E-state index contributed by atoms with van der Waals surface area (Å²) in [5, 5.41) is 5.54. The predicted octanol–water partition coefficient (Wildman–Crippen LogP) is 8.09. The molecule has 7 aromatic rings. The molecule has 0 saturated heterocycles. The van der Waals surface area contributed by atoms with Crippen LogP contribution in [0.4, 0.5) is 28.9 Å². The molecule has 4 amide bonds. The number of hydrogen-bond acceptors (Lipinski definition) is 8. The van der Waals surface area contributed by atoms with E-state index >= 15 is 0 Å². The normalized spacial score (nSPS) is 16.4. The van der Waals surface area contributed by atoms with Crippen LogP contribution in [0.5, 0.6) is 0 Å². The zero-order chi connectivity index (χ0) is 42.5. The second-order valence-electron chi connectivity index (χ2n) is 14.8. The predicted molar refractivity (Wildman–Crippen MR) is 222 cm³/mol. The molecule has 0 aliphatic heterocycles. The third-order valence-electron chi connectivity index (χ3n) is 10.6. The Morgan fingerprint density at radius 3 is 1.83 bits per heavy atom. The van der Waals surface area contributed by atoms with E-state index in [0.29, 0.717) is 34.0 Å². The SMILES string of the molecule is Cc1cc(C(=O)N[C@@H](Cc2cc(F)cc(F)c2)C(=O)N(C)c2ccc3scnc3c2)cc(C(=O)NC2(C(=O)N(C)c3ccc4scnc4c3)CC2c2cc(F)cc(F)c2)c1. The van der Waals surface area contributed by atoms with E-state index < -0.39 is 64.4 Å². The van der Waals surface area contributed by atoms with Crippen LogP contribution in [0.2, 0.25) is 0 Å². The van der Waals surface area contributed by atoms with Crippen LogP contribution in [0.3, 0.4) is 0 Å². The van der Waals surface area contributed by atoms with Gasteiger partial charge in [0.2, 0.25) is 5.91 Å². The Morgan fingerprint density at radius 2 is 1.25 bits per heavy atom. The van der Waals surface area contributed by atoms with Crippen LogP contribution in [0.15, 0.2) is 102 Å². The van der Waals surface area contributed by atoms with Crippen LogP contribution in [0.25, 0.3) is 20.4 Å². The molecule has 1 saturated carbocycles. The molecule has 10 nitrogen and oxygen atoms in total. The van der Waals surface area contributed by atoms with Crippen molar-refractivity contribution in [1.82, 2.24) is 20.6 Å². The second kappa shape index (κ2) is 15.9. The lowest BCUT2D eigenvalue weighted by molar-refractivity contribution is -0.121. The van der Waals surface area contributed by atoms with Crippen molar-refractivity contribution < 1.29 is 36.7 Å². The Balaban J connectivity index is 1.08. The number of thiazole rings is 2. The lowest BCUT2D eigenvalue weighted by atomic mass is 10.0. The van der Waals surface area contributed by atoms with Gasteiger partial charge in [-0.2, -0.15) is 0 Å². The number of nitrogens with one attached hydrogen (secondary N) is 2. The quantitative estimate of drug-likeness (QED) is 0.127. The molecule has 2 heterocycles. The lowest BCUT2D eigenvalue weighted by Gasteiger charge is -2.26. The molecule has 0 spiro atoms. The van der Waals surface area contributed by atoms with Gasteiger partial charge in [-0.15, -0.1) is 22.7 Å². The van der Waals surface area contributed by atoms with Crippen LogP contribution in [-0.4, -0.2) is 59.3 Å². The summed E-state index contributed by atoms with van der Waals surface area (Å²) in [6.45, 7) is 1.65. The average Bonchev–Trinajstić information content (AvgIpc) is 3.48. The fourth-order valence-corrected chi connectivity index (χ4v) is 8.80. The molecule has 8 rings (SSSR count). The number of rotatable bonds is 11. The standard InChI is InChI=1S/C44H34F4N6O4S2/c1-23-8-26(40(55)51-37(12-24-10-28(45)16-29(46)11-24)42(57)53(2)32-4-6-38-35(18-32)49-21-59-38)13-27(9-23)41(56)52-44(20-34(44)25-14-30(47)17-31(48)15-25)43(58)54(3)33-5-7-39-36(19-33)50-22-60-39/h4-11,13-19,21-22,34,37H,12,20H2,1-3H3,(H,51,55)(H,52,56)/t34?,37-,44?/m0/s1. The summed E-state index contributed by atoms with van der Waals surface area (Å²) in [5.74, 6) is -6.86. The summed E-state index contributed by atoms with van der Waals surface area (Å²) in [5.41, 5.74) is 4.72. The Labute approximate surface area is 348 Å². The minimum absolute atomic E-state index is 0.0151. The molecule has 16 heteroatoms. The first-order valence-electron chi connectivity index (χ1n) is 18.6. The highest BCUT2D eigenvalue weighted by Gasteiger charge is 2.63. The highest BCUT2D eigenvalue weighted by molar-refractivity contribution is 7.17. The van der Waals surface area contributed by atoms with Gasteiger partial charge in [0.1, 0.15) is 34.8 Å². The van der Waals surface area contributed by atoms with E-state index in [1.165, 1.54) is 64.8 Å². The van der Waals surface area contributed by atoms with Crippen LogP contribution in [0, 0.1) is 30.2 Å². The molecule has 3 atom stereocenters. The maximum atomic E-state index is 14.4. The van der Waals surface area contributed by atoms with Gasteiger partial charge in [-0.1, -0.05) is 0 Å². The van der Waals surface area contributed by atoms with Gasteiger partial charge >= 0.3 is 0 Å². The highest BCUT2D eigenvalue weighted by atomic mass is 32.1. The topological polar surface area (TPSA) is 125 Å². The van der Waals surface area contributed by atoms with E-state index in [2.05, 4.69) is 20.6 Å². The van der Waals surface area contributed by atoms with Crippen LogP contribution in [-0.2, 0) is 16.0 Å². The Morgan fingerprint density at radius 1 is 0.717 bits per heavy atom. The Hall–Kier alpha value is -6.52. The molecular weight excluding hydrogens is 817 g/mol. The van der Waals surface area contributed by atoms with Gasteiger partial charge in [0.25, 0.3) is 17.7 Å². The van der Waals surface area contributed by atoms with Gasteiger partial charge in [-0.05, 0) is 109 Å². The molecule has 2 unspecified atom stereocenters. The summed E-state index contributed by atoms with van der Waals surface area (Å²) < 4.78 is 59.3. The van der Waals surface area contributed by atoms with Gasteiger partial charge in [0.15, 0.2) is 0 Å². The molecule has 5 aromatic carbocycles. The number of amides is 4. The maximum absolute atomic E-state index is 14.4. The minimum Gasteiger partial charge on any atom is -0.340 e. The van der Waals surface area contributed by atoms with Gasteiger partial charge in [0.05, 0.1) is 31.5 Å². The van der Waals surface area contributed by atoms with E-state index in [4.69, 9.17) is 0 Å². The van der Waals surface area contributed by atoms with Crippen LogP contribution in [0.1, 0.15) is 49.7 Å². The van der Waals surface area contributed by atoms with Gasteiger partial charge < -0.3 is 20.4 Å². The largest absolute Gasteiger partial charge is 0.340 e.